The van der Waals surface area contributed by atoms with Crippen molar-refractivity contribution < 1.29 is 13.9 Å². The highest BCUT2D eigenvalue weighted by atomic mass is 32.1. The lowest BCUT2D eigenvalue weighted by molar-refractivity contribution is 0.102. The van der Waals surface area contributed by atoms with Crippen LogP contribution in [-0.4, -0.2) is 21.9 Å². The molecule has 3 aromatic heterocycles. The van der Waals surface area contributed by atoms with E-state index in [-0.39, 0.29) is 5.78 Å². The second kappa shape index (κ2) is 11.4. The molecule has 0 spiro atoms. The third kappa shape index (κ3) is 5.75. The predicted octanol–water partition coefficient (Wildman–Crippen LogP) is 8.18. The van der Waals surface area contributed by atoms with E-state index in [2.05, 4.69) is 31.2 Å². The Balaban J connectivity index is 1.32. The van der Waals surface area contributed by atoms with Crippen LogP contribution in [0.3, 0.4) is 0 Å². The number of rotatable bonds is 11. The molecular weight excluding hydrogens is 480 g/mol. The number of thiophene rings is 1. The van der Waals surface area contributed by atoms with Gasteiger partial charge in [0.15, 0.2) is 5.82 Å². The van der Waals surface area contributed by atoms with Gasteiger partial charge in [0.2, 0.25) is 5.78 Å². The van der Waals surface area contributed by atoms with Crippen LogP contribution in [0.1, 0.15) is 52.1 Å². The summed E-state index contributed by atoms with van der Waals surface area (Å²) >= 11 is 1.49. The van der Waals surface area contributed by atoms with Gasteiger partial charge in [-0.25, -0.2) is 4.98 Å². The van der Waals surface area contributed by atoms with Crippen molar-refractivity contribution >= 4 is 34.2 Å². The Hall–Kier alpha value is -3.90. The summed E-state index contributed by atoms with van der Waals surface area (Å²) in [5.74, 6) is 1.21. The van der Waals surface area contributed by atoms with E-state index in [1.54, 1.807) is 6.26 Å². The standard InChI is InChI=1S/C31H30N2O3S/c1-3-4-5-8-23-12-14-25(15-13-23)35-19-7-18-33-21-27(26-10-6-9-24-17-20-36-30(24)26)32-31(33)29(34)28-16-11-22(2)37-28/h5-6,8-17,20-21H,3-4,7,18-19H2,1-2H3/b8-5+. The number of fused-ring (bicyclic) bond motifs is 1. The monoisotopic (exact) mass is 510 g/mol. The van der Waals surface area contributed by atoms with Crippen LogP contribution in [0.5, 0.6) is 5.75 Å². The second-order valence-electron chi connectivity index (χ2n) is 8.99. The molecule has 5 nitrogen and oxygen atoms in total. The van der Waals surface area contributed by atoms with Crippen LogP contribution in [0.2, 0.25) is 0 Å². The molecule has 0 aliphatic carbocycles. The van der Waals surface area contributed by atoms with Crippen molar-refractivity contribution in [1.82, 2.24) is 9.55 Å². The van der Waals surface area contributed by atoms with E-state index in [1.165, 1.54) is 16.9 Å². The topological polar surface area (TPSA) is 57.3 Å². The molecule has 0 radical (unpaired) electrons. The summed E-state index contributed by atoms with van der Waals surface area (Å²) in [7, 11) is 0. The molecule has 0 N–H and O–H groups in total. The van der Waals surface area contributed by atoms with Gasteiger partial charge >= 0.3 is 0 Å². The number of ether oxygens (including phenoxy) is 1. The first-order chi connectivity index (χ1) is 18.1. The molecule has 0 bridgehead atoms. The highest BCUT2D eigenvalue weighted by Crippen LogP contribution is 2.30. The number of benzene rings is 2. The Morgan fingerprint density at radius 2 is 1.97 bits per heavy atom. The van der Waals surface area contributed by atoms with Crippen LogP contribution >= 0.6 is 11.3 Å². The van der Waals surface area contributed by atoms with Crippen molar-refractivity contribution in [2.75, 3.05) is 6.61 Å². The Morgan fingerprint density at radius 3 is 2.76 bits per heavy atom. The molecule has 0 amide bonds. The number of carbonyl (C=O) groups excluding carboxylic acids is 1. The highest BCUT2D eigenvalue weighted by molar-refractivity contribution is 7.14. The lowest BCUT2D eigenvalue weighted by atomic mass is 10.1. The second-order valence-corrected chi connectivity index (χ2v) is 10.3. The number of imidazole rings is 1. The quantitative estimate of drug-likeness (QED) is 0.133. The molecule has 0 aliphatic heterocycles. The van der Waals surface area contributed by atoms with Crippen LogP contribution in [-0.2, 0) is 6.54 Å². The van der Waals surface area contributed by atoms with E-state index in [4.69, 9.17) is 14.1 Å². The Labute approximate surface area is 221 Å². The van der Waals surface area contributed by atoms with Gasteiger partial charge in [0.25, 0.3) is 0 Å². The van der Waals surface area contributed by atoms with E-state index in [9.17, 15) is 4.79 Å². The number of unbranched alkanes of at least 4 members (excludes halogenated alkanes) is 1. The van der Waals surface area contributed by atoms with Crippen LogP contribution < -0.4 is 4.74 Å². The number of para-hydroxylation sites is 1. The first-order valence-electron chi connectivity index (χ1n) is 12.7. The van der Waals surface area contributed by atoms with E-state index in [0.717, 1.165) is 52.1 Å². The molecule has 0 atom stereocenters. The summed E-state index contributed by atoms with van der Waals surface area (Å²) < 4.78 is 13.7. The number of nitrogens with zero attached hydrogens (tertiary/aromatic N) is 2. The number of furan rings is 1. The molecule has 0 fully saturated rings. The van der Waals surface area contributed by atoms with E-state index in [1.807, 2.05) is 66.2 Å². The largest absolute Gasteiger partial charge is 0.494 e. The van der Waals surface area contributed by atoms with Crippen LogP contribution in [0.25, 0.3) is 28.3 Å². The molecular formula is C31H30N2O3S. The number of aromatic nitrogens is 2. The summed E-state index contributed by atoms with van der Waals surface area (Å²) in [6.07, 6.45) is 10.9. The zero-order valence-corrected chi connectivity index (χ0v) is 22.0. The van der Waals surface area contributed by atoms with Gasteiger partial charge in [-0.1, -0.05) is 49.8 Å². The normalized spacial score (nSPS) is 11.5. The maximum Gasteiger partial charge on any atom is 0.238 e. The molecule has 0 saturated carbocycles. The third-order valence-electron chi connectivity index (χ3n) is 6.16. The van der Waals surface area contributed by atoms with Gasteiger partial charge < -0.3 is 13.7 Å². The van der Waals surface area contributed by atoms with Gasteiger partial charge in [0, 0.05) is 28.6 Å². The molecule has 0 aliphatic rings. The first kappa shape index (κ1) is 24.8. The minimum absolute atomic E-state index is 0.0661. The van der Waals surface area contributed by atoms with Crippen molar-refractivity contribution in [2.24, 2.45) is 0 Å². The van der Waals surface area contributed by atoms with Crippen molar-refractivity contribution in [1.29, 1.82) is 0 Å². The molecule has 37 heavy (non-hydrogen) atoms. The van der Waals surface area contributed by atoms with Crippen molar-refractivity contribution in [3.05, 3.63) is 100 Å². The van der Waals surface area contributed by atoms with Gasteiger partial charge in [-0.05, 0) is 61.7 Å². The lowest BCUT2D eigenvalue weighted by Crippen LogP contribution is -2.12. The van der Waals surface area contributed by atoms with Gasteiger partial charge in [-0.3, -0.25) is 4.79 Å². The van der Waals surface area contributed by atoms with Crippen molar-refractivity contribution in [2.45, 2.75) is 39.7 Å². The van der Waals surface area contributed by atoms with Crippen molar-refractivity contribution in [3.63, 3.8) is 0 Å². The van der Waals surface area contributed by atoms with Crippen LogP contribution in [0.15, 0.2) is 83.6 Å². The number of allylic oxidation sites excluding steroid dienone is 1. The summed E-state index contributed by atoms with van der Waals surface area (Å²) in [6.45, 7) is 5.33. The predicted molar refractivity (Wildman–Crippen MR) is 150 cm³/mol. The Kier molecular flexibility index (Phi) is 7.66. The average molecular weight is 511 g/mol. The fourth-order valence-electron chi connectivity index (χ4n) is 4.24. The maximum atomic E-state index is 13.4. The van der Waals surface area contributed by atoms with Crippen LogP contribution in [0, 0.1) is 6.92 Å². The zero-order chi connectivity index (χ0) is 25.6. The average Bonchev–Trinajstić information content (AvgIpc) is 3.67. The molecule has 5 rings (SSSR count). The molecule has 5 aromatic rings. The van der Waals surface area contributed by atoms with Gasteiger partial charge in [-0.15, -0.1) is 11.3 Å². The first-order valence-corrected chi connectivity index (χ1v) is 13.5. The minimum Gasteiger partial charge on any atom is -0.494 e. The molecule has 2 aromatic carbocycles. The number of carbonyl (C=O) groups is 1. The Bertz CT molecular complexity index is 1520. The van der Waals surface area contributed by atoms with E-state index in [0.29, 0.717) is 23.9 Å². The fourth-order valence-corrected chi connectivity index (χ4v) is 5.05. The SMILES string of the molecule is CCC/C=C/c1ccc(OCCCn2cc(-c3cccc4ccoc34)nc2C(=O)c2ccc(C)s2)cc1. The van der Waals surface area contributed by atoms with Gasteiger partial charge in [0.05, 0.1) is 23.4 Å². The highest BCUT2D eigenvalue weighted by Gasteiger charge is 2.21. The third-order valence-corrected chi connectivity index (χ3v) is 7.16. The summed E-state index contributed by atoms with van der Waals surface area (Å²) in [6, 6.07) is 19.9. The van der Waals surface area contributed by atoms with Crippen LogP contribution in [0.4, 0.5) is 0 Å². The van der Waals surface area contributed by atoms with E-state index < -0.39 is 0 Å². The molecule has 0 unspecified atom stereocenters. The number of ketones is 1. The molecule has 0 saturated heterocycles. The summed E-state index contributed by atoms with van der Waals surface area (Å²) in [4.78, 5) is 20.0. The van der Waals surface area contributed by atoms with Crippen molar-refractivity contribution in [3.8, 4) is 17.0 Å². The lowest BCUT2D eigenvalue weighted by Gasteiger charge is -2.09. The van der Waals surface area contributed by atoms with E-state index >= 15 is 0 Å². The van der Waals surface area contributed by atoms with Gasteiger partial charge in [-0.2, -0.15) is 0 Å². The summed E-state index contributed by atoms with van der Waals surface area (Å²) in [5, 5.41) is 1.01. The minimum atomic E-state index is -0.0661. The number of aryl methyl sites for hydroxylation is 2. The molecule has 3 heterocycles. The van der Waals surface area contributed by atoms with Gasteiger partial charge in [0.1, 0.15) is 11.3 Å². The zero-order valence-electron chi connectivity index (χ0n) is 21.1. The smallest absolute Gasteiger partial charge is 0.238 e. The number of hydrogen-bond donors (Lipinski definition) is 0. The summed E-state index contributed by atoms with van der Waals surface area (Å²) in [5.41, 5.74) is 3.55. The fraction of sp³-hybridized carbons (Fsp3) is 0.226. The molecule has 6 heteroatoms. The molecule has 188 valence electrons. The Morgan fingerprint density at radius 1 is 1.11 bits per heavy atom. The maximum absolute atomic E-state index is 13.4. The number of hydrogen-bond acceptors (Lipinski definition) is 5.